The number of hydrazine groups is 1. The van der Waals surface area contributed by atoms with Gasteiger partial charge in [0.2, 0.25) is 0 Å². The van der Waals surface area contributed by atoms with Crippen LogP contribution in [0.1, 0.15) is 50.7 Å². The van der Waals surface area contributed by atoms with Gasteiger partial charge in [0.25, 0.3) is 21.8 Å². The van der Waals surface area contributed by atoms with E-state index in [9.17, 15) is 23.1 Å². The Morgan fingerprint density at radius 3 is 2.39 bits per heavy atom. The fourth-order valence-corrected chi connectivity index (χ4v) is 8.34. The number of sulfonamides is 1. The predicted octanol–water partition coefficient (Wildman–Crippen LogP) is 3.93. The van der Waals surface area contributed by atoms with Gasteiger partial charge in [0.05, 0.1) is 16.4 Å². The Hall–Kier alpha value is -2.97. The highest BCUT2D eigenvalue weighted by molar-refractivity contribution is 7.89. The van der Waals surface area contributed by atoms with E-state index in [1.54, 1.807) is 42.5 Å². The van der Waals surface area contributed by atoms with Crippen molar-refractivity contribution < 1.29 is 23.1 Å². The first-order chi connectivity index (χ1) is 16.9. The minimum absolute atomic E-state index is 0.0741. The predicted molar refractivity (Wildman–Crippen MR) is 135 cm³/mol. The number of benzene rings is 2. The van der Waals surface area contributed by atoms with Gasteiger partial charge in [-0.15, -0.1) is 11.0 Å². The smallest absolute Gasteiger partial charge is 0.284 e. The fraction of sp³-hybridized carbons (Fsp3) is 0.429. The van der Waals surface area contributed by atoms with Crippen molar-refractivity contribution in [1.29, 1.82) is 0 Å². The summed E-state index contributed by atoms with van der Waals surface area (Å²) in [6.07, 6.45) is 3.10. The number of rotatable bonds is 6. The van der Waals surface area contributed by atoms with E-state index in [0.29, 0.717) is 22.8 Å². The molecule has 2 bridgehead atoms. The standard InChI is InChI=1S/C28H32N2O5S/c1-5-16-28(33,20-9-7-6-8-10-20)25(32)29-23-18-21-15-17-27(23,26(21,3)4)24(31)30(29)36(34,35)22-13-11-19(2)12-14-22/h5-14,21,23,33H,1,15-18H2,2-4H3/t21-,23-,27+,28+/m1/s1. The van der Waals surface area contributed by atoms with Gasteiger partial charge in [-0.1, -0.05) is 68.0 Å². The molecule has 2 saturated carbocycles. The third-order valence-electron chi connectivity index (χ3n) is 8.98. The molecule has 0 aromatic heterocycles. The van der Waals surface area contributed by atoms with Gasteiger partial charge in [-0.05, 0) is 55.2 Å². The van der Waals surface area contributed by atoms with Crippen molar-refractivity contribution in [2.24, 2.45) is 16.7 Å². The van der Waals surface area contributed by atoms with Gasteiger partial charge in [-0.3, -0.25) is 9.59 Å². The van der Waals surface area contributed by atoms with Crippen LogP contribution in [0.15, 0.2) is 72.1 Å². The molecule has 7 nitrogen and oxygen atoms in total. The van der Waals surface area contributed by atoms with Crippen LogP contribution < -0.4 is 0 Å². The summed E-state index contributed by atoms with van der Waals surface area (Å²) >= 11 is 0. The quantitative estimate of drug-likeness (QED) is 0.597. The number of amides is 2. The Morgan fingerprint density at radius 1 is 1.17 bits per heavy atom. The Morgan fingerprint density at radius 2 is 1.81 bits per heavy atom. The number of carbonyl (C=O) groups is 2. The second-order valence-corrected chi connectivity index (χ2v) is 12.7. The lowest BCUT2D eigenvalue weighted by Crippen LogP contribution is -2.56. The molecular formula is C28H32N2O5S. The third kappa shape index (κ3) is 3.03. The molecule has 4 atom stereocenters. The van der Waals surface area contributed by atoms with Crippen LogP contribution in [0.25, 0.3) is 0 Å². The maximum atomic E-state index is 14.3. The monoisotopic (exact) mass is 508 g/mol. The number of hydrogen-bond donors (Lipinski definition) is 1. The van der Waals surface area contributed by atoms with Crippen LogP contribution in [-0.2, 0) is 25.2 Å². The maximum absolute atomic E-state index is 14.3. The van der Waals surface area contributed by atoms with Crippen molar-refractivity contribution >= 4 is 21.8 Å². The van der Waals surface area contributed by atoms with Crippen molar-refractivity contribution in [3.05, 3.63) is 78.4 Å². The molecule has 0 unspecified atom stereocenters. The van der Waals surface area contributed by atoms with Crippen LogP contribution in [0.5, 0.6) is 0 Å². The molecule has 0 radical (unpaired) electrons. The lowest BCUT2D eigenvalue weighted by Gasteiger charge is -2.38. The van der Waals surface area contributed by atoms with Gasteiger partial charge in [-0.2, -0.15) is 8.42 Å². The summed E-state index contributed by atoms with van der Waals surface area (Å²) < 4.78 is 28.7. The molecule has 1 saturated heterocycles. The lowest BCUT2D eigenvalue weighted by molar-refractivity contribution is -0.166. The Bertz CT molecular complexity index is 1340. The average molecular weight is 509 g/mol. The second-order valence-electron chi connectivity index (χ2n) is 10.9. The summed E-state index contributed by atoms with van der Waals surface area (Å²) in [7, 11) is -4.43. The number of aliphatic hydroxyl groups is 1. The minimum atomic E-state index is -4.43. The van der Waals surface area contributed by atoms with Crippen molar-refractivity contribution in [2.75, 3.05) is 0 Å². The summed E-state index contributed by atoms with van der Waals surface area (Å²) in [6.45, 7) is 9.56. The molecule has 3 aliphatic rings. The molecule has 1 spiro atoms. The average Bonchev–Trinajstić information content (AvgIpc) is 3.37. The summed E-state index contributed by atoms with van der Waals surface area (Å²) in [5.41, 5.74) is -2.42. The molecule has 8 heteroatoms. The van der Waals surface area contributed by atoms with E-state index < -0.39 is 44.3 Å². The minimum Gasteiger partial charge on any atom is -0.375 e. The van der Waals surface area contributed by atoms with Crippen LogP contribution in [0.4, 0.5) is 0 Å². The van der Waals surface area contributed by atoms with Crippen LogP contribution in [0.2, 0.25) is 0 Å². The van der Waals surface area contributed by atoms with Crippen molar-refractivity contribution in [1.82, 2.24) is 9.42 Å². The molecular weight excluding hydrogens is 476 g/mol. The highest BCUT2D eigenvalue weighted by Crippen LogP contribution is 2.70. The summed E-state index contributed by atoms with van der Waals surface area (Å²) in [4.78, 5) is 28.5. The summed E-state index contributed by atoms with van der Waals surface area (Å²) in [6, 6.07) is 14.0. The first-order valence-electron chi connectivity index (χ1n) is 12.3. The maximum Gasteiger partial charge on any atom is 0.284 e. The van der Waals surface area contributed by atoms with E-state index in [1.807, 2.05) is 20.8 Å². The zero-order chi connectivity index (χ0) is 26.1. The van der Waals surface area contributed by atoms with Gasteiger partial charge in [0.1, 0.15) is 0 Å². The molecule has 1 heterocycles. The van der Waals surface area contributed by atoms with Crippen LogP contribution in [0.3, 0.4) is 0 Å². The van der Waals surface area contributed by atoms with E-state index in [2.05, 4.69) is 6.58 Å². The molecule has 5 rings (SSSR count). The summed E-state index contributed by atoms with van der Waals surface area (Å²) in [5.74, 6) is -1.24. The topological polar surface area (TPSA) is 95.0 Å². The number of fused-ring (bicyclic) bond motifs is 1. The Balaban J connectivity index is 1.71. The first kappa shape index (κ1) is 24.7. The number of hydrogen-bond acceptors (Lipinski definition) is 5. The van der Waals surface area contributed by atoms with Gasteiger partial charge < -0.3 is 5.11 Å². The molecule has 1 aliphatic heterocycles. The molecule has 3 fully saturated rings. The van der Waals surface area contributed by atoms with E-state index in [0.717, 1.165) is 17.0 Å². The zero-order valence-corrected chi connectivity index (χ0v) is 21.7. The van der Waals surface area contributed by atoms with Crippen molar-refractivity contribution in [3.8, 4) is 0 Å². The van der Waals surface area contributed by atoms with E-state index in [4.69, 9.17) is 0 Å². The van der Waals surface area contributed by atoms with Gasteiger partial charge in [-0.25, -0.2) is 5.01 Å². The number of aryl methyl sites for hydroxylation is 1. The third-order valence-corrected chi connectivity index (χ3v) is 10.6. The van der Waals surface area contributed by atoms with E-state index >= 15 is 0 Å². The first-order valence-corrected chi connectivity index (χ1v) is 13.8. The van der Waals surface area contributed by atoms with E-state index in [-0.39, 0.29) is 17.2 Å². The van der Waals surface area contributed by atoms with Crippen molar-refractivity contribution in [2.45, 2.75) is 63.0 Å². The SMILES string of the molecule is C=CC[C@@](O)(C(=O)N1[C@@H]2C[C@H]3CC[C@]2(C(=O)N1S(=O)(=O)c1ccc(C)cc1)C3(C)C)c1ccccc1. The largest absolute Gasteiger partial charge is 0.375 e. The van der Waals surface area contributed by atoms with E-state index in [1.165, 1.54) is 18.2 Å². The molecule has 2 aromatic rings. The Kier molecular flexibility index (Phi) is 5.50. The van der Waals surface area contributed by atoms with Crippen LogP contribution in [0, 0.1) is 23.7 Å². The van der Waals surface area contributed by atoms with Gasteiger partial charge in [0.15, 0.2) is 5.60 Å². The molecule has 36 heavy (non-hydrogen) atoms. The van der Waals surface area contributed by atoms with Crippen LogP contribution >= 0.6 is 0 Å². The zero-order valence-electron chi connectivity index (χ0n) is 20.8. The second kappa shape index (κ2) is 8.02. The number of carbonyl (C=O) groups excluding carboxylic acids is 2. The van der Waals surface area contributed by atoms with Gasteiger partial charge in [0, 0.05) is 6.42 Å². The lowest BCUT2D eigenvalue weighted by atomic mass is 9.67. The highest BCUT2D eigenvalue weighted by atomic mass is 32.2. The molecule has 2 aliphatic carbocycles. The van der Waals surface area contributed by atoms with Crippen LogP contribution in [-0.4, -0.2) is 40.8 Å². The normalized spacial score (nSPS) is 28.2. The summed E-state index contributed by atoms with van der Waals surface area (Å²) in [5, 5.41) is 12.9. The Labute approximate surface area is 212 Å². The van der Waals surface area contributed by atoms with Gasteiger partial charge >= 0.3 is 0 Å². The van der Waals surface area contributed by atoms with Crippen molar-refractivity contribution in [3.63, 3.8) is 0 Å². The molecule has 1 N–H and O–H groups in total. The molecule has 190 valence electrons. The highest BCUT2D eigenvalue weighted by Gasteiger charge is 2.77. The fourth-order valence-electron chi connectivity index (χ4n) is 6.86. The molecule has 2 aromatic carbocycles. The number of nitrogens with zero attached hydrogens (tertiary/aromatic N) is 2. The molecule has 2 amide bonds.